The second kappa shape index (κ2) is 6.58. The largest absolute Gasteiger partial charge is 0.331 e. The Morgan fingerprint density at radius 1 is 1.33 bits per heavy atom. The maximum absolute atomic E-state index is 4.59. The molecule has 0 aliphatic heterocycles. The second-order valence-electron chi connectivity index (χ2n) is 5.90. The van der Waals surface area contributed by atoms with Crippen molar-refractivity contribution in [3.8, 4) is 0 Å². The Balaban J connectivity index is 1.76. The lowest BCUT2D eigenvalue weighted by molar-refractivity contribution is 0.292. The van der Waals surface area contributed by atoms with Gasteiger partial charge in [0.05, 0.1) is 0 Å². The maximum Gasteiger partial charge on any atom is 0.140 e. The van der Waals surface area contributed by atoms with Gasteiger partial charge < -0.3 is 14.8 Å². The van der Waals surface area contributed by atoms with E-state index in [4.69, 9.17) is 0 Å². The molecule has 4 heteroatoms. The fraction of sp³-hybridized carbons (Fsp3) is 0.588. The van der Waals surface area contributed by atoms with E-state index in [0.29, 0.717) is 0 Å². The molecule has 1 N–H and O–H groups in total. The van der Waals surface area contributed by atoms with Gasteiger partial charge in [-0.2, -0.15) is 0 Å². The fourth-order valence-electron chi connectivity index (χ4n) is 2.84. The topological polar surface area (TPSA) is 33.1 Å². The first kappa shape index (κ1) is 14.5. The minimum atomic E-state index is 0.746. The zero-order valence-electron chi connectivity index (χ0n) is 13.2. The molecule has 1 aliphatic rings. The summed E-state index contributed by atoms with van der Waals surface area (Å²) in [5.41, 5.74) is 2.50. The van der Waals surface area contributed by atoms with Crippen LogP contribution in [-0.2, 0) is 13.1 Å². The van der Waals surface area contributed by atoms with E-state index in [2.05, 4.69) is 45.9 Å². The standard InChI is InChI=1S/C17H26N4/c1-3-20(4-2)10-11-21-13-14(12-19-15-7-8-15)16-6-5-9-18-17(16)21/h5-6,9,13,15,19H,3-4,7-8,10-12H2,1-2H3. The van der Waals surface area contributed by atoms with Crippen LogP contribution in [0.2, 0.25) is 0 Å². The van der Waals surface area contributed by atoms with Crippen LogP contribution in [0.25, 0.3) is 11.0 Å². The molecule has 0 amide bonds. The van der Waals surface area contributed by atoms with Crippen molar-refractivity contribution in [1.29, 1.82) is 0 Å². The van der Waals surface area contributed by atoms with Gasteiger partial charge in [0.1, 0.15) is 5.65 Å². The zero-order valence-corrected chi connectivity index (χ0v) is 13.2. The lowest BCUT2D eigenvalue weighted by Crippen LogP contribution is -2.26. The quantitative estimate of drug-likeness (QED) is 0.810. The molecule has 0 spiro atoms. The van der Waals surface area contributed by atoms with Crippen LogP contribution in [0.3, 0.4) is 0 Å². The first-order valence-electron chi connectivity index (χ1n) is 8.20. The van der Waals surface area contributed by atoms with E-state index in [1.54, 1.807) is 0 Å². The minimum absolute atomic E-state index is 0.746. The van der Waals surface area contributed by atoms with E-state index in [1.807, 2.05) is 12.3 Å². The van der Waals surface area contributed by atoms with E-state index in [0.717, 1.165) is 44.4 Å². The van der Waals surface area contributed by atoms with Gasteiger partial charge in [-0.1, -0.05) is 13.8 Å². The van der Waals surface area contributed by atoms with Crippen LogP contribution in [0, 0.1) is 0 Å². The summed E-state index contributed by atoms with van der Waals surface area (Å²) < 4.78 is 2.32. The summed E-state index contributed by atoms with van der Waals surface area (Å²) in [6.07, 6.45) is 6.85. The van der Waals surface area contributed by atoms with E-state index >= 15 is 0 Å². The monoisotopic (exact) mass is 286 g/mol. The number of nitrogens with zero attached hydrogens (tertiary/aromatic N) is 3. The van der Waals surface area contributed by atoms with Crippen LogP contribution in [0.1, 0.15) is 32.3 Å². The van der Waals surface area contributed by atoms with Gasteiger partial charge in [-0.3, -0.25) is 0 Å². The van der Waals surface area contributed by atoms with Crippen LogP contribution in [0.5, 0.6) is 0 Å². The van der Waals surface area contributed by atoms with Crippen molar-refractivity contribution in [3.63, 3.8) is 0 Å². The summed E-state index contributed by atoms with van der Waals surface area (Å²) in [5, 5.41) is 4.91. The Kier molecular flexibility index (Phi) is 4.56. The Hall–Kier alpha value is -1.39. The number of hydrogen-bond acceptors (Lipinski definition) is 3. The van der Waals surface area contributed by atoms with Gasteiger partial charge in [0.25, 0.3) is 0 Å². The number of rotatable bonds is 8. The Bertz CT molecular complexity index is 581. The predicted molar refractivity (Wildman–Crippen MR) is 87.4 cm³/mol. The molecule has 0 bridgehead atoms. The summed E-state index contributed by atoms with van der Waals surface area (Å²) >= 11 is 0. The first-order chi connectivity index (χ1) is 10.3. The third kappa shape index (κ3) is 3.44. The fourth-order valence-corrected chi connectivity index (χ4v) is 2.84. The molecule has 1 aliphatic carbocycles. The Labute approximate surface area is 127 Å². The number of likely N-dealkylation sites (N-methyl/N-ethyl adjacent to an activating group) is 1. The molecular weight excluding hydrogens is 260 g/mol. The highest BCUT2D eigenvalue weighted by Crippen LogP contribution is 2.23. The molecule has 3 rings (SSSR count). The van der Waals surface area contributed by atoms with Crippen LogP contribution in [0.4, 0.5) is 0 Å². The highest BCUT2D eigenvalue weighted by atomic mass is 15.1. The molecule has 0 saturated heterocycles. The van der Waals surface area contributed by atoms with Gasteiger partial charge in [-0.15, -0.1) is 0 Å². The lowest BCUT2D eigenvalue weighted by atomic mass is 10.2. The lowest BCUT2D eigenvalue weighted by Gasteiger charge is -2.18. The number of fused-ring (bicyclic) bond motifs is 1. The SMILES string of the molecule is CCN(CC)CCn1cc(CNC2CC2)c2cccnc21. The molecule has 0 atom stereocenters. The van der Waals surface area contributed by atoms with Gasteiger partial charge in [0.15, 0.2) is 0 Å². The van der Waals surface area contributed by atoms with Crippen LogP contribution < -0.4 is 5.32 Å². The van der Waals surface area contributed by atoms with E-state index in [1.165, 1.54) is 23.8 Å². The van der Waals surface area contributed by atoms with Gasteiger partial charge in [-0.25, -0.2) is 4.98 Å². The highest BCUT2D eigenvalue weighted by molar-refractivity contribution is 5.80. The van der Waals surface area contributed by atoms with Crippen LogP contribution >= 0.6 is 0 Å². The van der Waals surface area contributed by atoms with Crippen LogP contribution in [-0.4, -0.2) is 40.1 Å². The van der Waals surface area contributed by atoms with E-state index in [9.17, 15) is 0 Å². The molecule has 114 valence electrons. The predicted octanol–water partition coefficient (Wildman–Crippen LogP) is 2.63. The average Bonchev–Trinajstić information content (AvgIpc) is 3.29. The molecule has 21 heavy (non-hydrogen) atoms. The Morgan fingerprint density at radius 2 is 2.14 bits per heavy atom. The van der Waals surface area contributed by atoms with Crippen molar-refractivity contribution >= 4 is 11.0 Å². The maximum atomic E-state index is 4.59. The molecule has 2 aromatic rings. The number of hydrogen-bond donors (Lipinski definition) is 1. The summed E-state index contributed by atoms with van der Waals surface area (Å²) in [4.78, 5) is 7.05. The minimum Gasteiger partial charge on any atom is -0.331 e. The Morgan fingerprint density at radius 3 is 2.86 bits per heavy atom. The van der Waals surface area contributed by atoms with E-state index in [-0.39, 0.29) is 0 Å². The average molecular weight is 286 g/mol. The number of nitrogens with one attached hydrogen (secondary N) is 1. The number of aromatic nitrogens is 2. The molecule has 0 radical (unpaired) electrons. The number of pyridine rings is 1. The van der Waals surface area contributed by atoms with Crippen molar-refractivity contribution in [1.82, 2.24) is 19.8 Å². The summed E-state index contributed by atoms with van der Waals surface area (Å²) in [5.74, 6) is 0. The highest BCUT2D eigenvalue weighted by Gasteiger charge is 2.21. The van der Waals surface area contributed by atoms with Crippen molar-refractivity contribution < 1.29 is 0 Å². The molecule has 0 unspecified atom stereocenters. The summed E-state index contributed by atoms with van der Waals surface area (Å²) in [6, 6.07) is 4.98. The summed E-state index contributed by atoms with van der Waals surface area (Å²) in [6.45, 7) is 9.73. The van der Waals surface area contributed by atoms with Gasteiger partial charge in [-0.05, 0) is 43.6 Å². The van der Waals surface area contributed by atoms with Crippen molar-refractivity contribution in [2.24, 2.45) is 0 Å². The molecular formula is C17H26N4. The van der Waals surface area contributed by atoms with Crippen molar-refractivity contribution in [3.05, 3.63) is 30.1 Å². The van der Waals surface area contributed by atoms with Gasteiger partial charge >= 0.3 is 0 Å². The third-order valence-electron chi connectivity index (χ3n) is 4.43. The van der Waals surface area contributed by atoms with Crippen molar-refractivity contribution in [2.75, 3.05) is 19.6 Å². The molecule has 2 heterocycles. The second-order valence-corrected chi connectivity index (χ2v) is 5.90. The molecule has 1 saturated carbocycles. The molecule has 2 aromatic heterocycles. The third-order valence-corrected chi connectivity index (χ3v) is 4.43. The first-order valence-corrected chi connectivity index (χ1v) is 8.20. The van der Waals surface area contributed by atoms with Crippen molar-refractivity contribution in [2.45, 2.75) is 45.8 Å². The normalized spacial score (nSPS) is 15.2. The molecule has 0 aromatic carbocycles. The van der Waals surface area contributed by atoms with Gasteiger partial charge in [0.2, 0.25) is 0 Å². The summed E-state index contributed by atoms with van der Waals surface area (Å²) in [7, 11) is 0. The van der Waals surface area contributed by atoms with Crippen LogP contribution in [0.15, 0.2) is 24.5 Å². The van der Waals surface area contributed by atoms with Gasteiger partial charge in [0, 0.05) is 43.5 Å². The molecule has 4 nitrogen and oxygen atoms in total. The van der Waals surface area contributed by atoms with E-state index < -0.39 is 0 Å². The molecule has 1 fully saturated rings. The zero-order chi connectivity index (χ0) is 14.7. The smallest absolute Gasteiger partial charge is 0.140 e.